The molecule has 1 heterocycles. The SMILES string of the molecule is CCN(CC)c1ccc2c(O)c(C=NC3CCCCC3)c(=O)oc2c1. The minimum atomic E-state index is -0.541. The van der Waals surface area contributed by atoms with Crippen molar-refractivity contribution in [2.45, 2.75) is 52.0 Å². The predicted octanol–water partition coefficient (Wildman–Crippen LogP) is 4.10. The Labute approximate surface area is 148 Å². The molecule has 0 spiro atoms. The van der Waals surface area contributed by atoms with Crippen molar-refractivity contribution in [3.63, 3.8) is 0 Å². The number of rotatable bonds is 5. The maximum atomic E-state index is 12.3. The molecule has 0 atom stereocenters. The number of aliphatic imine (C=N–C) groups is 1. The molecule has 0 amide bonds. The summed E-state index contributed by atoms with van der Waals surface area (Å²) >= 11 is 0. The van der Waals surface area contributed by atoms with Gasteiger partial charge in [-0.1, -0.05) is 19.3 Å². The second-order valence-electron chi connectivity index (χ2n) is 6.57. The zero-order valence-electron chi connectivity index (χ0n) is 15.0. The van der Waals surface area contributed by atoms with Gasteiger partial charge in [-0.15, -0.1) is 0 Å². The number of benzene rings is 1. The molecule has 1 N–H and O–H groups in total. The van der Waals surface area contributed by atoms with Gasteiger partial charge in [-0.3, -0.25) is 4.99 Å². The maximum absolute atomic E-state index is 12.3. The van der Waals surface area contributed by atoms with Gasteiger partial charge < -0.3 is 14.4 Å². The minimum Gasteiger partial charge on any atom is -0.506 e. The fourth-order valence-electron chi connectivity index (χ4n) is 3.50. The van der Waals surface area contributed by atoms with Gasteiger partial charge >= 0.3 is 5.63 Å². The molecule has 1 aliphatic rings. The van der Waals surface area contributed by atoms with E-state index in [1.165, 1.54) is 25.5 Å². The Balaban J connectivity index is 1.97. The van der Waals surface area contributed by atoms with E-state index in [2.05, 4.69) is 23.7 Å². The molecular formula is C20H26N2O3. The van der Waals surface area contributed by atoms with E-state index >= 15 is 0 Å². The van der Waals surface area contributed by atoms with Gasteiger partial charge in [0.25, 0.3) is 0 Å². The van der Waals surface area contributed by atoms with Crippen LogP contribution in [0.1, 0.15) is 51.5 Å². The smallest absolute Gasteiger partial charge is 0.348 e. The molecule has 2 aromatic rings. The van der Waals surface area contributed by atoms with Crippen LogP contribution in [0.15, 0.2) is 32.4 Å². The van der Waals surface area contributed by atoms with Crippen LogP contribution in [0.25, 0.3) is 11.0 Å². The second kappa shape index (κ2) is 7.72. The van der Waals surface area contributed by atoms with Gasteiger partial charge in [-0.25, -0.2) is 4.79 Å². The third-order valence-corrected chi connectivity index (χ3v) is 5.02. The Morgan fingerprint density at radius 3 is 2.64 bits per heavy atom. The van der Waals surface area contributed by atoms with Gasteiger partial charge in [0.1, 0.15) is 16.9 Å². The van der Waals surface area contributed by atoms with Crippen molar-refractivity contribution in [2.24, 2.45) is 4.99 Å². The highest BCUT2D eigenvalue weighted by atomic mass is 16.4. The fourth-order valence-corrected chi connectivity index (χ4v) is 3.50. The molecule has 1 aromatic carbocycles. The summed E-state index contributed by atoms with van der Waals surface area (Å²) < 4.78 is 5.46. The summed E-state index contributed by atoms with van der Waals surface area (Å²) in [6.45, 7) is 5.88. The first kappa shape index (κ1) is 17.5. The average Bonchev–Trinajstić information content (AvgIpc) is 2.63. The van der Waals surface area contributed by atoms with E-state index in [9.17, 15) is 9.90 Å². The number of fused-ring (bicyclic) bond motifs is 1. The molecule has 1 fully saturated rings. The summed E-state index contributed by atoms with van der Waals surface area (Å²) in [5.41, 5.74) is 0.986. The van der Waals surface area contributed by atoms with Gasteiger partial charge in [-0.05, 0) is 38.8 Å². The molecule has 0 unspecified atom stereocenters. The summed E-state index contributed by atoms with van der Waals surface area (Å²) in [4.78, 5) is 19.0. The topological polar surface area (TPSA) is 66.0 Å². The van der Waals surface area contributed by atoms with Crippen LogP contribution in [0, 0.1) is 0 Å². The quantitative estimate of drug-likeness (QED) is 0.656. The van der Waals surface area contributed by atoms with E-state index in [1.54, 1.807) is 6.07 Å². The van der Waals surface area contributed by atoms with Crippen LogP contribution >= 0.6 is 0 Å². The van der Waals surface area contributed by atoms with Crippen molar-refractivity contribution < 1.29 is 9.52 Å². The Morgan fingerprint density at radius 1 is 1.24 bits per heavy atom. The van der Waals surface area contributed by atoms with Gasteiger partial charge in [-0.2, -0.15) is 0 Å². The molecule has 25 heavy (non-hydrogen) atoms. The van der Waals surface area contributed by atoms with Crippen molar-refractivity contribution in [2.75, 3.05) is 18.0 Å². The number of nitrogens with zero attached hydrogens (tertiary/aromatic N) is 2. The number of anilines is 1. The van der Waals surface area contributed by atoms with Crippen LogP contribution in [0.3, 0.4) is 0 Å². The summed E-state index contributed by atoms with van der Waals surface area (Å²) in [5.74, 6) is -0.0445. The van der Waals surface area contributed by atoms with Gasteiger partial charge in [0, 0.05) is 37.1 Å². The van der Waals surface area contributed by atoms with Crippen molar-refractivity contribution in [3.05, 3.63) is 34.2 Å². The van der Waals surface area contributed by atoms with Crippen molar-refractivity contribution in [3.8, 4) is 5.75 Å². The van der Waals surface area contributed by atoms with Crippen molar-refractivity contribution in [1.82, 2.24) is 0 Å². The lowest BCUT2D eigenvalue weighted by molar-refractivity contribution is 0.443. The van der Waals surface area contributed by atoms with Crippen LogP contribution in [0.2, 0.25) is 0 Å². The Bertz CT molecular complexity index is 816. The van der Waals surface area contributed by atoms with E-state index in [0.29, 0.717) is 11.0 Å². The first-order valence-electron chi connectivity index (χ1n) is 9.22. The normalized spacial score (nSPS) is 15.9. The molecule has 134 valence electrons. The molecule has 0 saturated heterocycles. The van der Waals surface area contributed by atoms with Crippen LogP contribution in [-0.2, 0) is 0 Å². The van der Waals surface area contributed by atoms with Crippen LogP contribution in [0.4, 0.5) is 5.69 Å². The molecule has 1 saturated carbocycles. The molecule has 0 radical (unpaired) electrons. The van der Waals surface area contributed by atoms with Gasteiger partial charge in [0.05, 0.1) is 5.39 Å². The maximum Gasteiger partial charge on any atom is 0.348 e. The average molecular weight is 342 g/mol. The Morgan fingerprint density at radius 2 is 1.96 bits per heavy atom. The minimum absolute atomic E-state index is 0.0445. The summed E-state index contributed by atoms with van der Waals surface area (Å²) in [6.07, 6.45) is 7.19. The second-order valence-corrected chi connectivity index (χ2v) is 6.57. The Kier molecular flexibility index (Phi) is 5.41. The van der Waals surface area contributed by atoms with Gasteiger partial charge in [0.2, 0.25) is 0 Å². The Hall–Kier alpha value is -2.30. The highest BCUT2D eigenvalue weighted by Crippen LogP contribution is 2.29. The largest absolute Gasteiger partial charge is 0.506 e. The molecular weight excluding hydrogens is 316 g/mol. The van der Waals surface area contributed by atoms with E-state index in [1.807, 2.05) is 12.1 Å². The monoisotopic (exact) mass is 342 g/mol. The number of hydrogen-bond donors (Lipinski definition) is 1. The zero-order chi connectivity index (χ0) is 17.8. The fraction of sp³-hybridized carbons (Fsp3) is 0.500. The molecule has 0 aliphatic heterocycles. The number of aromatic hydroxyl groups is 1. The summed E-state index contributed by atoms with van der Waals surface area (Å²) in [6, 6.07) is 5.80. The predicted molar refractivity (Wildman–Crippen MR) is 102 cm³/mol. The van der Waals surface area contributed by atoms with Crippen LogP contribution in [-0.4, -0.2) is 30.5 Å². The van der Waals surface area contributed by atoms with E-state index < -0.39 is 5.63 Å². The lowest BCUT2D eigenvalue weighted by Gasteiger charge is -2.21. The van der Waals surface area contributed by atoms with E-state index in [0.717, 1.165) is 31.6 Å². The first-order chi connectivity index (χ1) is 12.1. The third kappa shape index (κ3) is 3.70. The highest BCUT2D eigenvalue weighted by Gasteiger charge is 2.16. The van der Waals surface area contributed by atoms with Crippen molar-refractivity contribution in [1.29, 1.82) is 0 Å². The lowest BCUT2D eigenvalue weighted by atomic mass is 9.96. The summed E-state index contributed by atoms with van der Waals surface area (Å²) in [7, 11) is 0. The zero-order valence-corrected chi connectivity index (χ0v) is 15.0. The molecule has 5 heteroatoms. The van der Waals surface area contributed by atoms with Gasteiger partial charge in [0.15, 0.2) is 0 Å². The molecule has 1 aliphatic carbocycles. The molecule has 0 bridgehead atoms. The first-order valence-corrected chi connectivity index (χ1v) is 9.22. The number of hydrogen-bond acceptors (Lipinski definition) is 5. The molecule has 5 nitrogen and oxygen atoms in total. The summed E-state index contributed by atoms with van der Waals surface area (Å²) in [5, 5.41) is 11.1. The highest BCUT2D eigenvalue weighted by molar-refractivity contribution is 5.94. The van der Waals surface area contributed by atoms with Crippen molar-refractivity contribution >= 4 is 22.9 Å². The van der Waals surface area contributed by atoms with Crippen LogP contribution in [0.5, 0.6) is 5.75 Å². The third-order valence-electron chi connectivity index (χ3n) is 5.02. The van der Waals surface area contributed by atoms with E-state index in [4.69, 9.17) is 4.42 Å². The molecule has 1 aromatic heterocycles. The van der Waals surface area contributed by atoms with Crippen LogP contribution < -0.4 is 10.5 Å². The lowest BCUT2D eigenvalue weighted by Crippen LogP contribution is -2.21. The molecule has 3 rings (SSSR count). The van der Waals surface area contributed by atoms with E-state index in [-0.39, 0.29) is 17.4 Å². The standard InChI is InChI=1S/C20H26N2O3/c1-3-22(4-2)15-10-11-16-18(12-15)25-20(24)17(19(16)23)13-21-14-8-6-5-7-9-14/h10-14,23H,3-9H2,1-2H3.